The van der Waals surface area contributed by atoms with Crippen molar-refractivity contribution in [2.24, 2.45) is 5.10 Å². The average molecular weight is 349 g/mol. The highest BCUT2D eigenvalue weighted by molar-refractivity contribution is 5.99. The Morgan fingerprint density at radius 2 is 1.73 bits per heavy atom. The number of benzene rings is 2. The topological polar surface area (TPSA) is 74.5 Å². The van der Waals surface area contributed by atoms with Crippen LogP contribution in [-0.2, 0) is 10.2 Å². The van der Waals surface area contributed by atoms with Crippen LogP contribution in [-0.4, -0.2) is 18.2 Å². The monoisotopic (exact) mass is 349 g/mol. The second-order valence-corrected chi connectivity index (χ2v) is 6.98. The number of hydrazone groups is 1. The van der Waals surface area contributed by atoms with Gasteiger partial charge in [0.15, 0.2) is 6.61 Å². The first-order valence-corrected chi connectivity index (χ1v) is 8.36. The smallest absolute Gasteiger partial charge is 0.277 e. The SMILES string of the molecule is CC(=NNC(=O)COc1ccc(C(C)(C)C)cc1)c1ccc(C#N)cc1. The van der Waals surface area contributed by atoms with Crippen molar-refractivity contribution >= 4 is 11.6 Å². The third-order valence-electron chi connectivity index (χ3n) is 3.87. The Kier molecular flexibility index (Phi) is 6.13. The number of amides is 1. The molecule has 26 heavy (non-hydrogen) atoms. The number of nitrogens with one attached hydrogen (secondary N) is 1. The first-order valence-electron chi connectivity index (χ1n) is 8.36. The van der Waals surface area contributed by atoms with E-state index in [-0.39, 0.29) is 17.9 Å². The van der Waals surface area contributed by atoms with E-state index in [9.17, 15) is 4.79 Å². The molecular formula is C21H23N3O2. The van der Waals surface area contributed by atoms with E-state index in [1.807, 2.05) is 24.3 Å². The van der Waals surface area contributed by atoms with Gasteiger partial charge in [0, 0.05) is 0 Å². The molecule has 2 aromatic rings. The van der Waals surface area contributed by atoms with Crippen molar-refractivity contribution in [3.63, 3.8) is 0 Å². The van der Waals surface area contributed by atoms with Crippen LogP contribution in [0, 0.1) is 11.3 Å². The minimum Gasteiger partial charge on any atom is -0.484 e. The van der Waals surface area contributed by atoms with Crippen LogP contribution in [0.5, 0.6) is 5.75 Å². The average Bonchev–Trinajstić information content (AvgIpc) is 2.64. The molecule has 0 radical (unpaired) electrons. The number of rotatable bonds is 5. The van der Waals surface area contributed by atoms with Gasteiger partial charge in [-0.2, -0.15) is 10.4 Å². The molecule has 0 spiro atoms. The summed E-state index contributed by atoms with van der Waals surface area (Å²) in [7, 11) is 0. The molecule has 0 saturated carbocycles. The van der Waals surface area contributed by atoms with Gasteiger partial charge in [-0.1, -0.05) is 45.0 Å². The molecule has 0 aromatic heterocycles. The maximum atomic E-state index is 11.9. The first kappa shape index (κ1) is 19.2. The third-order valence-corrected chi connectivity index (χ3v) is 3.87. The predicted molar refractivity (Wildman–Crippen MR) is 102 cm³/mol. The van der Waals surface area contributed by atoms with Crippen molar-refractivity contribution in [1.82, 2.24) is 5.43 Å². The molecule has 134 valence electrons. The molecule has 2 rings (SSSR count). The molecule has 5 heteroatoms. The number of carbonyl (C=O) groups excluding carboxylic acids is 1. The largest absolute Gasteiger partial charge is 0.484 e. The molecule has 1 N–H and O–H groups in total. The molecule has 5 nitrogen and oxygen atoms in total. The van der Waals surface area contributed by atoms with Gasteiger partial charge in [-0.05, 0) is 47.7 Å². The van der Waals surface area contributed by atoms with Gasteiger partial charge in [-0.25, -0.2) is 5.43 Å². The van der Waals surface area contributed by atoms with Gasteiger partial charge in [-0.15, -0.1) is 0 Å². The number of hydrogen-bond acceptors (Lipinski definition) is 4. The lowest BCUT2D eigenvalue weighted by Gasteiger charge is -2.19. The minimum atomic E-state index is -0.335. The highest BCUT2D eigenvalue weighted by Gasteiger charge is 2.13. The Hall–Kier alpha value is -3.13. The predicted octanol–water partition coefficient (Wildman–Crippen LogP) is 3.77. The fourth-order valence-electron chi connectivity index (χ4n) is 2.23. The van der Waals surface area contributed by atoms with Crippen molar-refractivity contribution < 1.29 is 9.53 Å². The van der Waals surface area contributed by atoms with Crippen LogP contribution in [0.4, 0.5) is 0 Å². The van der Waals surface area contributed by atoms with Crippen LogP contribution in [0.3, 0.4) is 0 Å². The van der Waals surface area contributed by atoms with Crippen molar-refractivity contribution in [3.8, 4) is 11.8 Å². The fourth-order valence-corrected chi connectivity index (χ4v) is 2.23. The van der Waals surface area contributed by atoms with E-state index in [1.165, 1.54) is 5.56 Å². The third kappa shape index (κ3) is 5.45. The molecule has 0 aliphatic rings. The summed E-state index contributed by atoms with van der Waals surface area (Å²) in [5, 5.41) is 12.9. The molecule has 0 atom stereocenters. The van der Waals surface area contributed by atoms with Crippen LogP contribution >= 0.6 is 0 Å². The second-order valence-electron chi connectivity index (χ2n) is 6.98. The number of ether oxygens (including phenoxy) is 1. The summed E-state index contributed by atoms with van der Waals surface area (Å²) >= 11 is 0. The Labute approximate surface area is 154 Å². The highest BCUT2D eigenvalue weighted by Crippen LogP contribution is 2.24. The summed E-state index contributed by atoms with van der Waals surface area (Å²) in [6.07, 6.45) is 0. The van der Waals surface area contributed by atoms with Gasteiger partial charge in [-0.3, -0.25) is 4.79 Å². The van der Waals surface area contributed by atoms with Crippen LogP contribution < -0.4 is 10.2 Å². The Morgan fingerprint density at radius 1 is 1.12 bits per heavy atom. The Balaban J connectivity index is 1.87. The molecule has 0 aliphatic carbocycles. The summed E-state index contributed by atoms with van der Waals surface area (Å²) < 4.78 is 5.49. The number of nitriles is 1. The zero-order valence-corrected chi connectivity index (χ0v) is 15.5. The number of carbonyl (C=O) groups is 1. The Morgan fingerprint density at radius 3 is 2.27 bits per heavy atom. The van der Waals surface area contributed by atoms with Gasteiger partial charge < -0.3 is 4.74 Å². The standard InChI is InChI=1S/C21H23N3O2/c1-15(17-7-5-16(13-22)6-8-17)23-24-20(25)14-26-19-11-9-18(10-12-19)21(2,3)4/h5-12H,14H2,1-4H3,(H,24,25). The van der Waals surface area contributed by atoms with E-state index in [1.54, 1.807) is 31.2 Å². The van der Waals surface area contributed by atoms with Gasteiger partial charge in [0.1, 0.15) is 5.75 Å². The summed E-state index contributed by atoms with van der Waals surface area (Å²) in [4.78, 5) is 11.9. The molecule has 0 unspecified atom stereocenters. The van der Waals surface area contributed by atoms with Gasteiger partial charge in [0.2, 0.25) is 0 Å². The van der Waals surface area contributed by atoms with Gasteiger partial charge in [0.05, 0.1) is 17.3 Å². The quantitative estimate of drug-likeness (QED) is 0.659. The number of nitrogens with zero attached hydrogens (tertiary/aromatic N) is 2. The highest BCUT2D eigenvalue weighted by atomic mass is 16.5. The van der Waals surface area contributed by atoms with E-state index < -0.39 is 0 Å². The molecule has 0 bridgehead atoms. The maximum absolute atomic E-state index is 11.9. The molecular weight excluding hydrogens is 326 g/mol. The molecule has 1 amide bonds. The van der Waals surface area contributed by atoms with E-state index in [0.29, 0.717) is 17.0 Å². The second kappa shape index (κ2) is 8.30. The van der Waals surface area contributed by atoms with Crippen LogP contribution in [0.25, 0.3) is 0 Å². The molecule has 2 aromatic carbocycles. The van der Waals surface area contributed by atoms with E-state index in [0.717, 1.165) is 5.56 Å². The van der Waals surface area contributed by atoms with E-state index in [4.69, 9.17) is 10.00 Å². The fraction of sp³-hybridized carbons (Fsp3) is 0.286. The van der Waals surface area contributed by atoms with Crippen LogP contribution in [0.1, 0.15) is 44.4 Å². The lowest BCUT2D eigenvalue weighted by Crippen LogP contribution is -2.25. The van der Waals surface area contributed by atoms with Crippen molar-refractivity contribution in [2.45, 2.75) is 33.1 Å². The van der Waals surface area contributed by atoms with Crippen molar-refractivity contribution in [2.75, 3.05) is 6.61 Å². The van der Waals surface area contributed by atoms with Gasteiger partial charge in [0.25, 0.3) is 5.91 Å². The summed E-state index contributed by atoms with van der Waals surface area (Å²) in [6, 6.07) is 16.8. The first-order chi connectivity index (χ1) is 12.3. The van der Waals surface area contributed by atoms with Gasteiger partial charge >= 0.3 is 0 Å². The molecule has 0 fully saturated rings. The zero-order valence-electron chi connectivity index (χ0n) is 15.5. The summed E-state index contributed by atoms with van der Waals surface area (Å²) in [6.45, 7) is 8.10. The zero-order chi connectivity index (χ0) is 19.2. The minimum absolute atomic E-state index is 0.0770. The summed E-state index contributed by atoms with van der Waals surface area (Å²) in [5.41, 5.74) is 5.82. The van der Waals surface area contributed by atoms with E-state index in [2.05, 4.69) is 37.4 Å². The molecule has 0 saturated heterocycles. The van der Waals surface area contributed by atoms with Crippen LogP contribution in [0.15, 0.2) is 53.6 Å². The van der Waals surface area contributed by atoms with Crippen LogP contribution in [0.2, 0.25) is 0 Å². The lowest BCUT2D eigenvalue weighted by atomic mass is 9.87. The lowest BCUT2D eigenvalue weighted by molar-refractivity contribution is -0.123. The molecule has 0 heterocycles. The summed E-state index contributed by atoms with van der Waals surface area (Å²) in [5.74, 6) is 0.304. The Bertz CT molecular complexity index is 824. The van der Waals surface area contributed by atoms with Crippen molar-refractivity contribution in [3.05, 3.63) is 65.2 Å². The van der Waals surface area contributed by atoms with E-state index >= 15 is 0 Å². The van der Waals surface area contributed by atoms with Crippen molar-refractivity contribution in [1.29, 1.82) is 5.26 Å². The molecule has 0 aliphatic heterocycles. The maximum Gasteiger partial charge on any atom is 0.277 e. The normalized spacial score (nSPS) is 11.6. The number of hydrogen-bond donors (Lipinski definition) is 1.